The van der Waals surface area contributed by atoms with Crippen molar-refractivity contribution in [2.24, 2.45) is 0 Å². The largest absolute Gasteiger partial charge is 0.353 e. The molecule has 0 radical (unpaired) electrons. The van der Waals surface area contributed by atoms with E-state index in [0.29, 0.717) is 5.02 Å². The molecule has 1 aliphatic heterocycles. The lowest BCUT2D eigenvalue weighted by Crippen LogP contribution is -2.26. The second-order valence-electron chi connectivity index (χ2n) is 6.51. The smallest absolute Gasteiger partial charge is 0.160 e. The number of hydrogen-bond acceptors (Lipinski definition) is 4. The number of aryl methyl sites for hydroxylation is 1. The Balaban J connectivity index is 1.67. The second-order valence-corrected chi connectivity index (χ2v) is 6.95. The summed E-state index contributed by atoms with van der Waals surface area (Å²) in [6, 6.07) is 13.8. The molecule has 0 atom stereocenters. The molecular weight excluding hydrogens is 350 g/mol. The molecule has 0 amide bonds. The molecule has 1 saturated heterocycles. The third-order valence-corrected chi connectivity index (χ3v) is 5.03. The summed E-state index contributed by atoms with van der Waals surface area (Å²) in [5.41, 5.74) is 4.61. The fraction of sp³-hybridized carbons (Fsp3) is 0.300. The maximum Gasteiger partial charge on any atom is 0.160 e. The van der Waals surface area contributed by atoms with Crippen molar-refractivity contribution in [1.29, 1.82) is 0 Å². The van der Waals surface area contributed by atoms with Gasteiger partial charge in [0.1, 0.15) is 5.52 Å². The van der Waals surface area contributed by atoms with Crippen molar-refractivity contribution in [3.8, 4) is 0 Å². The first kappa shape index (κ1) is 16.0. The van der Waals surface area contributed by atoms with Gasteiger partial charge in [-0.15, -0.1) is 0 Å². The Morgan fingerprint density at radius 2 is 1.81 bits per heavy atom. The summed E-state index contributed by atoms with van der Waals surface area (Å²) in [6.07, 6.45) is 1.58. The molecule has 4 aromatic rings. The van der Waals surface area contributed by atoms with E-state index in [9.17, 15) is 0 Å². The number of hydrogen-bond donors (Lipinski definition) is 0. The molecule has 26 heavy (non-hydrogen) atoms. The molecular formula is C20H18ClN3O2. The first-order valence-electron chi connectivity index (χ1n) is 8.87. The summed E-state index contributed by atoms with van der Waals surface area (Å²) < 4.78 is 13.6. The highest BCUT2D eigenvalue weighted by Gasteiger charge is 2.18. The molecule has 132 valence electrons. The molecule has 5 rings (SSSR count). The van der Waals surface area contributed by atoms with Gasteiger partial charge in [0.05, 0.1) is 29.8 Å². The van der Waals surface area contributed by atoms with Crippen molar-refractivity contribution in [2.45, 2.75) is 25.7 Å². The van der Waals surface area contributed by atoms with Crippen molar-refractivity contribution < 1.29 is 9.47 Å². The minimum absolute atomic E-state index is 0.156. The number of halogens is 1. The minimum Gasteiger partial charge on any atom is -0.353 e. The van der Waals surface area contributed by atoms with Gasteiger partial charge < -0.3 is 14.0 Å². The van der Waals surface area contributed by atoms with Crippen molar-refractivity contribution in [2.75, 3.05) is 13.2 Å². The highest BCUT2D eigenvalue weighted by molar-refractivity contribution is 6.31. The lowest BCUT2D eigenvalue weighted by molar-refractivity contribution is -0.182. The van der Waals surface area contributed by atoms with Crippen LogP contribution < -0.4 is 0 Å². The lowest BCUT2D eigenvalue weighted by Gasteiger charge is -2.23. The van der Waals surface area contributed by atoms with Crippen LogP contribution in [0.25, 0.3) is 33.1 Å². The monoisotopic (exact) mass is 367 g/mol. The zero-order chi connectivity index (χ0) is 17.5. The Kier molecular flexibility index (Phi) is 4.00. The predicted molar refractivity (Wildman–Crippen MR) is 102 cm³/mol. The van der Waals surface area contributed by atoms with E-state index in [4.69, 9.17) is 31.0 Å². The van der Waals surface area contributed by atoms with Crippen LogP contribution in [0.1, 0.15) is 12.8 Å². The molecule has 1 fully saturated rings. The van der Waals surface area contributed by atoms with E-state index in [1.807, 2.05) is 42.5 Å². The molecule has 0 saturated carbocycles. The van der Waals surface area contributed by atoms with Gasteiger partial charge in [-0.05, 0) is 36.8 Å². The van der Waals surface area contributed by atoms with Crippen LogP contribution in [0.2, 0.25) is 5.02 Å². The second kappa shape index (κ2) is 6.50. The van der Waals surface area contributed by atoms with Gasteiger partial charge in [-0.3, -0.25) is 0 Å². The van der Waals surface area contributed by atoms with E-state index in [1.165, 1.54) is 0 Å². The van der Waals surface area contributed by atoms with Crippen LogP contribution in [0.15, 0.2) is 42.5 Å². The van der Waals surface area contributed by atoms with Crippen LogP contribution in [-0.4, -0.2) is 34.0 Å². The van der Waals surface area contributed by atoms with Crippen LogP contribution >= 0.6 is 11.6 Å². The Hall–Kier alpha value is -2.21. The normalized spacial score (nSPS) is 16.0. The molecule has 0 spiro atoms. The topological polar surface area (TPSA) is 49.2 Å². The summed E-state index contributed by atoms with van der Waals surface area (Å²) in [4.78, 5) is 9.74. The molecule has 1 aliphatic rings. The summed E-state index contributed by atoms with van der Waals surface area (Å²) in [7, 11) is 0. The van der Waals surface area contributed by atoms with Gasteiger partial charge in [0.15, 0.2) is 11.9 Å². The fourth-order valence-corrected chi connectivity index (χ4v) is 3.74. The fourth-order valence-electron chi connectivity index (χ4n) is 3.57. The quantitative estimate of drug-likeness (QED) is 0.533. The van der Waals surface area contributed by atoms with E-state index >= 15 is 0 Å². The zero-order valence-electron chi connectivity index (χ0n) is 14.2. The van der Waals surface area contributed by atoms with E-state index < -0.39 is 0 Å². The molecule has 2 aromatic carbocycles. The van der Waals surface area contributed by atoms with Gasteiger partial charge in [-0.25, -0.2) is 9.97 Å². The number of benzene rings is 2. The summed E-state index contributed by atoms with van der Waals surface area (Å²) in [5.74, 6) is 0. The standard InChI is InChI=1S/C20H18ClN3O2/c21-13-6-7-17-14(12-13)19-20(23-16-5-2-1-4-15(16)22-19)24(17)9-8-18-25-10-3-11-26-18/h1-2,4-7,12,18H,3,8-11H2. The number of rotatable bonds is 3. The number of ether oxygens (including phenoxy) is 2. The maximum absolute atomic E-state index is 6.25. The highest BCUT2D eigenvalue weighted by Crippen LogP contribution is 2.31. The van der Waals surface area contributed by atoms with E-state index in [0.717, 1.165) is 65.7 Å². The Bertz CT molecular complexity index is 1100. The van der Waals surface area contributed by atoms with E-state index in [-0.39, 0.29) is 6.29 Å². The maximum atomic E-state index is 6.25. The molecule has 0 N–H and O–H groups in total. The molecule has 0 unspecified atom stereocenters. The van der Waals surface area contributed by atoms with Crippen molar-refractivity contribution >= 4 is 44.7 Å². The van der Waals surface area contributed by atoms with Crippen LogP contribution in [-0.2, 0) is 16.0 Å². The summed E-state index contributed by atoms with van der Waals surface area (Å²) in [6.45, 7) is 2.27. The third-order valence-electron chi connectivity index (χ3n) is 4.80. The van der Waals surface area contributed by atoms with Crippen molar-refractivity contribution in [3.63, 3.8) is 0 Å². The van der Waals surface area contributed by atoms with Crippen LogP contribution in [0.3, 0.4) is 0 Å². The zero-order valence-corrected chi connectivity index (χ0v) is 14.9. The SMILES string of the molecule is Clc1ccc2c(c1)c1nc3ccccc3nc1n2CCC1OCCCO1. The average molecular weight is 368 g/mol. The molecule has 0 aliphatic carbocycles. The number of aromatic nitrogens is 3. The third kappa shape index (κ3) is 2.72. The lowest BCUT2D eigenvalue weighted by atomic mass is 10.2. The van der Waals surface area contributed by atoms with E-state index in [2.05, 4.69) is 4.57 Å². The molecule has 5 nitrogen and oxygen atoms in total. The Morgan fingerprint density at radius 3 is 2.62 bits per heavy atom. The first-order valence-corrected chi connectivity index (χ1v) is 9.25. The van der Waals surface area contributed by atoms with Gasteiger partial charge in [-0.2, -0.15) is 0 Å². The number of nitrogens with zero attached hydrogens (tertiary/aromatic N) is 3. The first-order chi connectivity index (χ1) is 12.8. The average Bonchev–Trinajstić information content (AvgIpc) is 2.97. The Morgan fingerprint density at radius 1 is 1.04 bits per heavy atom. The van der Waals surface area contributed by atoms with Crippen LogP contribution in [0, 0.1) is 0 Å². The summed E-state index contributed by atoms with van der Waals surface area (Å²) >= 11 is 6.25. The van der Waals surface area contributed by atoms with Gasteiger partial charge in [0.25, 0.3) is 0 Å². The van der Waals surface area contributed by atoms with Gasteiger partial charge in [-0.1, -0.05) is 23.7 Å². The molecule has 0 bridgehead atoms. The van der Waals surface area contributed by atoms with Crippen molar-refractivity contribution in [1.82, 2.24) is 14.5 Å². The molecule has 3 heterocycles. The van der Waals surface area contributed by atoms with Crippen LogP contribution in [0.5, 0.6) is 0 Å². The Labute approximate surface area is 155 Å². The van der Waals surface area contributed by atoms with Gasteiger partial charge in [0.2, 0.25) is 0 Å². The minimum atomic E-state index is -0.156. The molecule has 6 heteroatoms. The van der Waals surface area contributed by atoms with E-state index in [1.54, 1.807) is 0 Å². The van der Waals surface area contributed by atoms with Crippen LogP contribution in [0.4, 0.5) is 0 Å². The number of para-hydroxylation sites is 2. The molecule has 2 aromatic heterocycles. The predicted octanol–water partition coefficient (Wildman–Crippen LogP) is 4.54. The van der Waals surface area contributed by atoms with Gasteiger partial charge >= 0.3 is 0 Å². The highest BCUT2D eigenvalue weighted by atomic mass is 35.5. The van der Waals surface area contributed by atoms with Gasteiger partial charge in [0, 0.05) is 23.4 Å². The number of fused-ring (bicyclic) bond motifs is 4. The summed E-state index contributed by atoms with van der Waals surface area (Å²) in [5, 5.41) is 1.72. The van der Waals surface area contributed by atoms with Crippen molar-refractivity contribution in [3.05, 3.63) is 47.5 Å².